The summed E-state index contributed by atoms with van der Waals surface area (Å²) in [4.78, 5) is 24.9. The van der Waals surface area contributed by atoms with Gasteiger partial charge in [0.05, 0.1) is 17.7 Å². The van der Waals surface area contributed by atoms with E-state index in [4.69, 9.17) is 4.98 Å². The minimum atomic E-state index is -0.636. The van der Waals surface area contributed by atoms with Gasteiger partial charge in [0.15, 0.2) is 0 Å². The highest BCUT2D eigenvalue weighted by Gasteiger charge is 2.37. The molecule has 2 aromatic carbocycles. The predicted octanol–water partition coefficient (Wildman–Crippen LogP) is 5.81. The van der Waals surface area contributed by atoms with Gasteiger partial charge < -0.3 is 15.7 Å². The van der Waals surface area contributed by atoms with Gasteiger partial charge in [-0.2, -0.15) is 11.8 Å². The number of aromatic nitrogens is 2. The number of aliphatic hydroxyl groups is 1. The molecule has 3 N–H and O–H groups in total. The van der Waals surface area contributed by atoms with Crippen LogP contribution in [-0.4, -0.2) is 74.5 Å². The Labute approximate surface area is 278 Å². The van der Waals surface area contributed by atoms with E-state index in [1.54, 1.807) is 6.20 Å². The molecule has 4 aromatic rings. The number of aryl methyl sites for hydroxylation is 1. The van der Waals surface area contributed by atoms with Gasteiger partial charge in [-0.25, -0.2) is 0 Å². The standard InChI is InChI=1S/C38H49N5O2S/c1-38(2,3)42-37(45)35-24-32(46-27-29-13-9-20-39-25-29)19-22-43(35)26-36(44)34(23-28-11-5-4-6-12-28)40-21-10-15-31-18-17-30-14-7-8-16-33(30)41-31/h4-9,11-14,16-18,20,25,32,34-36,40,44H,10,15,19,21-24,26-27H2,1-3H3,(H,42,45)/t32-,34+,35+,36-/m1/s1. The molecule has 0 bridgehead atoms. The summed E-state index contributed by atoms with van der Waals surface area (Å²) in [5, 5.41) is 20.2. The Morgan fingerprint density at radius 2 is 1.80 bits per heavy atom. The van der Waals surface area contributed by atoms with Gasteiger partial charge >= 0.3 is 0 Å². The Balaban J connectivity index is 1.22. The lowest BCUT2D eigenvalue weighted by Gasteiger charge is -2.41. The average molecular weight is 640 g/mol. The Morgan fingerprint density at radius 1 is 1.02 bits per heavy atom. The molecule has 0 aliphatic carbocycles. The third kappa shape index (κ3) is 10.4. The van der Waals surface area contributed by atoms with Crippen molar-refractivity contribution in [3.05, 3.63) is 108 Å². The van der Waals surface area contributed by atoms with Crippen molar-refractivity contribution in [2.24, 2.45) is 0 Å². The molecular formula is C38H49N5O2S. The van der Waals surface area contributed by atoms with Crippen LogP contribution in [0.2, 0.25) is 0 Å². The van der Waals surface area contributed by atoms with Crippen LogP contribution in [0.4, 0.5) is 0 Å². The van der Waals surface area contributed by atoms with E-state index in [-0.39, 0.29) is 23.5 Å². The number of carbonyl (C=O) groups is 1. The van der Waals surface area contributed by atoms with Crippen molar-refractivity contribution in [3.8, 4) is 0 Å². The SMILES string of the molecule is CC(C)(C)NC(=O)[C@@H]1C[C@H](SCc2cccnc2)CCN1C[C@@H](O)[C@H](Cc1ccccc1)NCCCc1ccc2ccccc2n1. The number of rotatable bonds is 14. The van der Waals surface area contributed by atoms with Crippen molar-refractivity contribution >= 4 is 28.6 Å². The molecule has 0 unspecified atom stereocenters. The number of thioether (sulfide) groups is 1. The van der Waals surface area contributed by atoms with Gasteiger partial charge in [0, 0.05) is 59.1 Å². The van der Waals surface area contributed by atoms with E-state index in [1.165, 1.54) is 11.1 Å². The Bertz CT molecular complexity index is 1510. The average Bonchev–Trinajstić information content (AvgIpc) is 3.05. The molecule has 3 heterocycles. The number of amides is 1. The molecule has 4 atom stereocenters. The quantitative estimate of drug-likeness (QED) is 0.150. The highest BCUT2D eigenvalue weighted by Crippen LogP contribution is 2.30. The van der Waals surface area contributed by atoms with Crippen molar-refractivity contribution in [2.75, 3.05) is 19.6 Å². The van der Waals surface area contributed by atoms with Crippen molar-refractivity contribution in [1.29, 1.82) is 0 Å². The minimum absolute atomic E-state index is 0.0434. The summed E-state index contributed by atoms with van der Waals surface area (Å²) >= 11 is 1.90. The van der Waals surface area contributed by atoms with E-state index in [2.05, 4.69) is 63.0 Å². The fourth-order valence-corrected chi connectivity index (χ4v) is 7.35. The third-order valence-electron chi connectivity index (χ3n) is 8.53. The number of piperidine rings is 1. The second-order valence-corrected chi connectivity index (χ2v) is 14.8. The molecule has 1 amide bonds. The predicted molar refractivity (Wildman–Crippen MR) is 190 cm³/mol. The molecule has 1 fully saturated rings. The number of hydrogen-bond acceptors (Lipinski definition) is 7. The van der Waals surface area contributed by atoms with Crippen LogP contribution < -0.4 is 10.6 Å². The molecular weight excluding hydrogens is 591 g/mol. The zero-order chi connectivity index (χ0) is 32.4. The topological polar surface area (TPSA) is 90.4 Å². The number of para-hydroxylation sites is 1. The Morgan fingerprint density at radius 3 is 2.59 bits per heavy atom. The first kappa shape index (κ1) is 34.0. The molecule has 0 spiro atoms. The van der Waals surface area contributed by atoms with Crippen LogP contribution in [0.15, 0.2) is 91.3 Å². The molecule has 46 heavy (non-hydrogen) atoms. The maximum Gasteiger partial charge on any atom is 0.237 e. The first-order valence-corrected chi connectivity index (χ1v) is 17.6. The van der Waals surface area contributed by atoms with E-state index in [0.717, 1.165) is 61.1 Å². The van der Waals surface area contributed by atoms with E-state index in [0.29, 0.717) is 18.2 Å². The molecule has 2 aromatic heterocycles. The zero-order valence-electron chi connectivity index (χ0n) is 27.4. The summed E-state index contributed by atoms with van der Waals surface area (Å²) in [7, 11) is 0. The number of fused-ring (bicyclic) bond motifs is 1. The highest BCUT2D eigenvalue weighted by atomic mass is 32.2. The van der Waals surface area contributed by atoms with E-state index < -0.39 is 6.10 Å². The molecule has 1 aliphatic heterocycles. The first-order chi connectivity index (χ1) is 22.2. The molecule has 0 radical (unpaired) electrons. The number of aliphatic hydroxyl groups excluding tert-OH is 1. The van der Waals surface area contributed by atoms with Crippen molar-refractivity contribution in [3.63, 3.8) is 0 Å². The summed E-state index contributed by atoms with van der Waals surface area (Å²) in [6, 6.07) is 26.5. The lowest BCUT2D eigenvalue weighted by Crippen LogP contribution is -2.58. The number of pyridine rings is 2. The molecule has 8 heteroatoms. The molecule has 1 aliphatic rings. The van der Waals surface area contributed by atoms with Gasteiger partial charge in [0.1, 0.15) is 0 Å². The van der Waals surface area contributed by atoms with Gasteiger partial charge in [-0.1, -0.05) is 60.7 Å². The first-order valence-electron chi connectivity index (χ1n) is 16.6. The van der Waals surface area contributed by atoms with Crippen LogP contribution in [-0.2, 0) is 23.4 Å². The summed E-state index contributed by atoms with van der Waals surface area (Å²) in [5.74, 6) is 0.925. The number of benzene rings is 2. The molecule has 0 saturated carbocycles. The molecule has 7 nitrogen and oxygen atoms in total. The second kappa shape index (κ2) is 16.5. The van der Waals surface area contributed by atoms with Crippen LogP contribution in [0, 0.1) is 0 Å². The monoisotopic (exact) mass is 639 g/mol. The molecule has 1 saturated heterocycles. The van der Waals surface area contributed by atoms with Crippen LogP contribution >= 0.6 is 11.8 Å². The Kier molecular flexibility index (Phi) is 12.2. The summed E-state index contributed by atoms with van der Waals surface area (Å²) < 4.78 is 0. The van der Waals surface area contributed by atoms with Gasteiger partial charge in [-0.3, -0.25) is 19.7 Å². The lowest BCUT2D eigenvalue weighted by molar-refractivity contribution is -0.129. The molecule has 244 valence electrons. The third-order valence-corrected chi connectivity index (χ3v) is 9.93. The van der Waals surface area contributed by atoms with E-state index in [1.807, 2.05) is 75.1 Å². The number of likely N-dealkylation sites (tertiary alicyclic amines) is 1. The maximum atomic E-state index is 13.6. The largest absolute Gasteiger partial charge is 0.390 e. The van der Waals surface area contributed by atoms with Crippen LogP contribution in [0.1, 0.15) is 56.9 Å². The zero-order valence-corrected chi connectivity index (χ0v) is 28.3. The van der Waals surface area contributed by atoms with Gasteiger partial charge in [0.2, 0.25) is 5.91 Å². The fraction of sp³-hybridized carbons (Fsp3) is 0.447. The van der Waals surface area contributed by atoms with Crippen molar-refractivity contribution in [2.45, 2.75) is 87.6 Å². The van der Waals surface area contributed by atoms with Crippen molar-refractivity contribution in [1.82, 2.24) is 25.5 Å². The van der Waals surface area contributed by atoms with E-state index in [9.17, 15) is 9.90 Å². The number of nitrogens with one attached hydrogen (secondary N) is 2. The number of carbonyl (C=O) groups excluding carboxylic acids is 1. The van der Waals surface area contributed by atoms with Crippen LogP contribution in [0.5, 0.6) is 0 Å². The minimum Gasteiger partial charge on any atom is -0.390 e. The smallest absolute Gasteiger partial charge is 0.237 e. The van der Waals surface area contributed by atoms with E-state index >= 15 is 0 Å². The molecule has 5 rings (SSSR count). The summed E-state index contributed by atoms with van der Waals surface area (Å²) in [5.41, 5.74) is 4.16. The van der Waals surface area contributed by atoms with Crippen LogP contribution in [0.25, 0.3) is 10.9 Å². The fourth-order valence-electron chi connectivity index (χ4n) is 6.16. The number of hydrogen-bond donors (Lipinski definition) is 3. The maximum absolute atomic E-state index is 13.6. The Hall–Kier alpha value is -3.30. The summed E-state index contributed by atoms with van der Waals surface area (Å²) in [6.45, 7) is 8.05. The van der Waals surface area contributed by atoms with Crippen LogP contribution in [0.3, 0.4) is 0 Å². The number of nitrogens with zero attached hydrogens (tertiary/aromatic N) is 3. The highest BCUT2D eigenvalue weighted by molar-refractivity contribution is 7.99. The van der Waals surface area contributed by atoms with Gasteiger partial charge in [0.25, 0.3) is 0 Å². The number of β-amino-alcohol motifs (C(OH)–C–C–N with tert-alkyl or cyclic N) is 1. The van der Waals surface area contributed by atoms with Gasteiger partial charge in [-0.15, -0.1) is 0 Å². The lowest BCUT2D eigenvalue weighted by atomic mass is 9.96. The normalized spacial score (nSPS) is 18.7. The summed E-state index contributed by atoms with van der Waals surface area (Å²) in [6.07, 6.45) is 7.31. The van der Waals surface area contributed by atoms with Gasteiger partial charge in [-0.05, 0) is 88.7 Å². The second-order valence-electron chi connectivity index (χ2n) is 13.5. The van der Waals surface area contributed by atoms with Crippen molar-refractivity contribution < 1.29 is 9.90 Å².